The maximum atomic E-state index is 12.5. The molecule has 1 aromatic heterocycles. The summed E-state index contributed by atoms with van der Waals surface area (Å²) in [4.78, 5) is 29.3. The van der Waals surface area contributed by atoms with Crippen molar-refractivity contribution in [1.29, 1.82) is 5.26 Å². The van der Waals surface area contributed by atoms with Crippen LogP contribution in [-0.2, 0) is 11.3 Å². The molecule has 10 heteroatoms. The number of hydrogen-bond acceptors (Lipinski definition) is 7. The second-order valence-corrected chi connectivity index (χ2v) is 8.96. The van der Waals surface area contributed by atoms with Gasteiger partial charge in [0.2, 0.25) is 0 Å². The third-order valence-electron chi connectivity index (χ3n) is 6.08. The molecular formula is C32H25N5O5. The summed E-state index contributed by atoms with van der Waals surface area (Å²) in [6, 6.07) is 29.5. The van der Waals surface area contributed by atoms with Gasteiger partial charge in [0.25, 0.3) is 0 Å². The fourth-order valence-electron chi connectivity index (χ4n) is 4.03. The maximum Gasteiger partial charge on any atom is 0.412 e. The van der Waals surface area contributed by atoms with Gasteiger partial charge in [0, 0.05) is 29.0 Å². The summed E-state index contributed by atoms with van der Waals surface area (Å²) in [7, 11) is 1.50. The third kappa shape index (κ3) is 6.91. The second-order valence-electron chi connectivity index (χ2n) is 8.96. The summed E-state index contributed by atoms with van der Waals surface area (Å²) in [5.41, 5.74) is 3.49. The minimum absolute atomic E-state index is 0.125. The van der Waals surface area contributed by atoms with E-state index >= 15 is 0 Å². The van der Waals surface area contributed by atoms with Gasteiger partial charge in [-0.2, -0.15) is 5.26 Å². The van der Waals surface area contributed by atoms with Crippen molar-refractivity contribution < 1.29 is 23.8 Å². The average molecular weight is 560 g/mol. The number of nitriles is 1. The minimum atomic E-state index is -0.630. The second kappa shape index (κ2) is 12.8. The average Bonchev–Trinajstić information content (AvgIpc) is 3.02. The Morgan fingerprint density at radius 2 is 1.52 bits per heavy atom. The van der Waals surface area contributed by atoms with Crippen molar-refractivity contribution in [3.8, 4) is 23.3 Å². The number of anilines is 3. The number of rotatable bonds is 8. The summed E-state index contributed by atoms with van der Waals surface area (Å²) in [6.07, 6.45) is 0.982. The van der Waals surface area contributed by atoms with Crippen LogP contribution in [0.4, 0.5) is 26.7 Å². The van der Waals surface area contributed by atoms with Crippen LogP contribution in [0.3, 0.4) is 0 Å². The molecule has 0 aliphatic heterocycles. The smallest absolute Gasteiger partial charge is 0.412 e. The Hall–Kier alpha value is -6.08. The van der Waals surface area contributed by atoms with Gasteiger partial charge in [-0.05, 0) is 66.2 Å². The van der Waals surface area contributed by atoms with Crippen LogP contribution < -0.4 is 25.4 Å². The Morgan fingerprint density at radius 1 is 0.833 bits per heavy atom. The molecule has 0 spiro atoms. The van der Waals surface area contributed by atoms with E-state index in [0.717, 1.165) is 5.56 Å². The fraction of sp³-hybridized carbons (Fsp3) is 0.0625. The van der Waals surface area contributed by atoms with Crippen LogP contribution in [0, 0.1) is 11.3 Å². The van der Waals surface area contributed by atoms with Gasteiger partial charge in [0.05, 0.1) is 29.9 Å². The molecule has 3 amide bonds. The highest BCUT2D eigenvalue weighted by molar-refractivity contribution is 6.00. The lowest BCUT2D eigenvalue weighted by molar-refractivity contribution is 0.155. The first kappa shape index (κ1) is 27.5. The largest absolute Gasteiger partial charge is 0.494 e. The van der Waals surface area contributed by atoms with E-state index in [9.17, 15) is 9.59 Å². The number of carbonyl (C=O) groups excluding carboxylic acids is 2. The van der Waals surface area contributed by atoms with Crippen molar-refractivity contribution in [1.82, 2.24) is 4.98 Å². The van der Waals surface area contributed by atoms with Crippen molar-refractivity contribution in [3.05, 3.63) is 114 Å². The summed E-state index contributed by atoms with van der Waals surface area (Å²) >= 11 is 0. The fourth-order valence-corrected chi connectivity index (χ4v) is 4.03. The number of nitrogens with zero attached hydrogens (tertiary/aromatic N) is 2. The van der Waals surface area contributed by atoms with E-state index in [0.29, 0.717) is 50.8 Å². The van der Waals surface area contributed by atoms with Crippen LogP contribution in [0.1, 0.15) is 11.1 Å². The quantitative estimate of drug-likeness (QED) is 0.182. The van der Waals surface area contributed by atoms with E-state index in [1.54, 1.807) is 72.9 Å². The molecule has 5 rings (SSSR count). The number of aromatic nitrogens is 1. The van der Waals surface area contributed by atoms with Crippen LogP contribution in [0.25, 0.3) is 10.9 Å². The van der Waals surface area contributed by atoms with Gasteiger partial charge in [0.1, 0.15) is 23.9 Å². The minimum Gasteiger partial charge on any atom is -0.494 e. The van der Waals surface area contributed by atoms with Crippen molar-refractivity contribution in [2.75, 3.05) is 23.1 Å². The first-order chi connectivity index (χ1) is 20.5. The Kier molecular flexibility index (Phi) is 8.41. The molecular weight excluding hydrogens is 534 g/mol. The molecule has 42 heavy (non-hydrogen) atoms. The van der Waals surface area contributed by atoms with Crippen LogP contribution >= 0.6 is 0 Å². The molecule has 0 radical (unpaired) electrons. The molecule has 0 bridgehead atoms. The number of pyridine rings is 1. The summed E-state index contributed by atoms with van der Waals surface area (Å²) < 4.78 is 16.9. The van der Waals surface area contributed by atoms with E-state index in [-0.39, 0.29) is 6.61 Å². The molecule has 0 atom stereocenters. The number of methoxy groups -OCH3 is 1. The van der Waals surface area contributed by atoms with E-state index in [1.165, 1.54) is 7.11 Å². The molecule has 1 heterocycles. The van der Waals surface area contributed by atoms with Crippen LogP contribution in [0.15, 0.2) is 103 Å². The molecule has 0 aliphatic rings. The van der Waals surface area contributed by atoms with E-state index in [1.807, 2.05) is 36.4 Å². The molecule has 0 saturated heterocycles. The zero-order valence-electron chi connectivity index (χ0n) is 22.5. The Balaban J connectivity index is 1.26. The molecule has 0 aliphatic carbocycles. The molecule has 5 aromatic rings. The Morgan fingerprint density at radius 3 is 2.19 bits per heavy atom. The zero-order valence-corrected chi connectivity index (χ0v) is 22.5. The highest BCUT2D eigenvalue weighted by atomic mass is 16.5. The van der Waals surface area contributed by atoms with Crippen LogP contribution in [0.5, 0.6) is 17.2 Å². The van der Waals surface area contributed by atoms with Crippen molar-refractivity contribution in [2.24, 2.45) is 0 Å². The number of nitrogens with one attached hydrogen (secondary N) is 3. The number of carbonyl (C=O) groups is 2. The van der Waals surface area contributed by atoms with Gasteiger partial charge in [-0.15, -0.1) is 0 Å². The number of hydrogen-bond donors (Lipinski definition) is 3. The summed E-state index contributed by atoms with van der Waals surface area (Å²) in [6.45, 7) is 0.125. The molecule has 4 aromatic carbocycles. The van der Waals surface area contributed by atoms with E-state index < -0.39 is 12.1 Å². The molecule has 0 saturated carbocycles. The lowest BCUT2D eigenvalue weighted by atomic mass is 10.1. The first-order valence-electron chi connectivity index (χ1n) is 12.8. The van der Waals surface area contributed by atoms with Crippen molar-refractivity contribution >= 4 is 40.1 Å². The third-order valence-corrected chi connectivity index (χ3v) is 6.08. The van der Waals surface area contributed by atoms with Gasteiger partial charge < -0.3 is 24.8 Å². The number of urea groups is 1. The number of fused-ring (bicyclic) bond motifs is 1. The van der Waals surface area contributed by atoms with Crippen molar-refractivity contribution in [2.45, 2.75) is 6.61 Å². The number of amides is 3. The van der Waals surface area contributed by atoms with Gasteiger partial charge in [-0.1, -0.05) is 30.3 Å². The van der Waals surface area contributed by atoms with Crippen molar-refractivity contribution in [3.63, 3.8) is 0 Å². The number of benzene rings is 4. The molecule has 0 unspecified atom stereocenters. The lowest BCUT2D eigenvalue weighted by Crippen LogP contribution is -2.19. The Bertz CT molecular complexity index is 1750. The predicted octanol–water partition coefficient (Wildman–Crippen LogP) is 7.30. The zero-order chi connectivity index (χ0) is 29.3. The number of ether oxygens (including phenoxy) is 3. The van der Waals surface area contributed by atoms with E-state index in [2.05, 4.69) is 20.9 Å². The molecule has 10 nitrogen and oxygen atoms in total. The van der Waals surface area contributed by atoms with E-state index in [4.69, 9.17) is 19.5 Å². The van der Waals surface area contributed by atoms with Gasteiger partial charge in [-0.3, -0.25) is 10.3 Å². The standard InChI is InChI=1S/C32H25N5O5/c1-40-30-18-27-26(17-28(30)37-32(39)41-20-22-5-3-2-4-6-22)29(15-16-34-27)42-25-13-11-24(12-14-25)36-31(38)35-23-9-7-21(19-33)8-10-23/h2-18H,20H2,1H3,(H,37,39)(H2,35,36,38). The van der Waals surface area contributed by atoms with Gasteiger partial charge in [0.15, 0.2) is 0 Å². The molecule has 0 fully saturated rings. The van der Waals surface area contributed by atoms with Crippen LogP contribution in [0.2, 0.25) is 0 Å². The Labute approximate surface area is 241 Å². The predicted molar refractivity (Wildman–Crippen MR) is 159 cm³/mol. The monoisotopic (exact) mass is 559 g/mol. The topological polar surface area (TPSA) is 135 Å². The highest BCUT2D eigenvalue weighted by Gasteiger charge is 2.14. The summed E-state index contributed by atoms with van der Waals surface area (Å²) in [5.74, 6) is 1.44. The first-order valence-corrected chi connectivity index (χ1v) is 12.8. The van der Waals surface area contributed by atoms with Gasteiger partial charge in [-0.25, -0.2) is 9.59 Å². The summed E-state index contributed by atoms with van der Waals surface area (Å²) in [5, 5.41) is 17.7. The molecule has 3 N–H and O–H groups in total. The normalized spacial score (nSPS) is 10.3. The molecule has 208 valence electrons. The van der Waals surface area contributed by atoms with Crippen LogP contribution in [-0.4, -0.2) is 24.2 Å². The SMILES string of the molecule is COc1cc2nccc(Oc3ccc(NC(=O)Nc4ccc(C#N)cc4)cc3)c2cc1NC(=O)OCc1ccccc1. The van der Waals surface area contributed by atoms with Gasteiger partial charge >= 0.3 is 12.1 Å². The highest BCUT2D eigenvalue weighted by Crippen LogP contribution is 2.36. The lowest BCUT2D eigenvalue weighted by Gasteiger charge is -2.14. The maximum absolute atomic E-state index is 12.5.